The third kappa shape index (κ3) is 2.61. The summed E-state index contributed by atoms with van der Waals surface area (Å²) in [5.41, 5.74) is 3.74. The van der Waals surface area contributed by atoms with Crippen molar-refractivity contribution in [3.8, 4) is 0 Å². The molecular weight excluding hydrogens is 260 g/mol. The van der Waals surface area contributed by atoms with Crippen molar-refractivity contribution in [1.82, 2.24) is 9.97 Å². The van der Waals surface area contributed by atoms with E-state index in [0.717, 1.165) is 37.0 Å². The number of aromatic nitrogens is 2. The molecule has 0 amide bonds. The quantitative estimate of drug-likeness (QED) is 0.647. The first-order valence-electron chi connectivity index (χ1n) is 6.19. The van der Waals surface area contributed by atoms with Crippen molar-refractivity contribution >= 4 is 28.0 Å². The summed E-state index contributed by atoms with van der Waals surface area (Å²) in [6.45, 7) is 3.93. The number of nitrogen functional groups attached to an aromatic ring is 1. The lowest BCUT2D eigenvalue weighted by Crippen LogP contribution is -2.46. The number of hydrogen-bond acceptors (Lipinski definition) is 7. The molecule has 7 heteroatoms. The van der Waals surface area contributed by atoms with Crippen LogP contribution in [0.3, 0.4) is 0 Å². The van der Waals surface area contributed by atoms with Crippen molar-refractivity contribution in [3.05, 3.63) is 29.9 Å². The van der Waals surface area contributed by atoms with Gasteiger partial charge in [-0.15, -0.1) is 11.3 Å². The van der Waals surface area contributed by atoms with Crippen LogP contribution in [0.2, 0.25) is 0 Å². The Hall–Kier alpha value is -1.86. The van der Waals surface area contributed by atoms with Crippen molar-refractivity contribution in [1.29, 1.82) is 0 Å². The summed E-state index contributed by atoms with van der Waals surface area (Å²) in [5.74, 6) is 6.08. The summed E-state index contributed by atoms with van der Waals surface area (Å²) in [4.78, 5) is 13.1. The van der Waals surface area contributed by atoms with Crippen LogP contribution in [0, 0.1) is 0 Å². The molecule has 1 saturated heterocycles. The van der Waals surface area contributed by atoms with Crippen LogP contribution in [0.5, 0.6) is 0 Å². The molecule has 1 aliphatic rings. The largest absolute Gasteiger partial charge is 0.368 e. The Kier molecular flexibility index (Phi) is 3.47. The van der Waals surface area contributed by atoms with Crippen LogP contribution >= 0.6 is 11.3 Å². The van der Waals surface area contributed by atoms with Gasteiger partial charge in [-0.25, -0.2) is 15.8 Å². The molecule has 2 aromatic heterocycles. The zero-order chi connectivity index (χ0) is 13.1. The summed E-state index contributed by atoms with van der Waals surface area (Å²) in [6, 6.07) is 3.99. The fourth-order valence-electron chi connectivity index (χ4n) is 2.22. The number of hydrogen-bond donors (Lipinski definition) is 2. The monoisotopic (exact) mass is 276 g/mol. The highest BCUT2D eigenvalue weighted by atomic mass is 32.1. The second-order valence-corrected chi connectivity index (χ2v) is 5.21. The van der Waals surface area contributed by atoms with Gasteiger partial charge >= 0.3 is 0 Å². The van der Waals surface area contributed by atoms with Crippen LogP contribution in [-0.2, 0) is 0 Å². The highest BCUT2D eigenvalue weighted by Gasteiger charge is 2.19. The number of thiazole rings is 1. The van der Waals surface area contributed by atoms with Crippen LogP contribution in [-0.4, -0.2) is 36.1 Å². The van der Waals surface area contributed by atoms with Crippen LogP contribution in [0.15, 0.2) is 29.9 Å². The topological polar surface area (TPSA) is 70.3 Å². The van der Waals surface area contributed by atoms with E-state index in [4.69, 9.17) is 5.84 Å². The lowest BCUT2D eigenvalue weighted by molar-refractivity contribution is 0.652. The van der Waals surface area contributed by atoms with Gasteiger partial charge in [-0.05, 0) is 6.07 Å². The molecule has 3 N–H and O–H groups in total. The van der Waals surface area contributed by atoms with Gasteiger partial charge in [0.15, 0.2) is 5.13 Å². The van der Waals surface area contributed by atoms with Gasteiger partial charge in [0.2, 0.25) is 0 Å². The first-order chi connectivity index (χ1) is 9.36. The average molecular weight is 276 g/mol. The van der Waals surface area contributed by atoms with Crippen molar-refractivity contribution in [2.45, 2.75) is 0 Å². The van der Waals surface area contributed by atoms with Gasteiger partial charge < -0.3 is 15.2 Å². The predicted octanol–water partition coefficient (Wildman–Crippen LogP) is 1.15. The van der Waals surface area contributed by atoms with Crippen LogP contribution in [0.1, 0.15) is 0 Å². The van der Waals surface area contributed by atoms with E-state index in [1.807, 2.05) is 23.7 Å². The molecular formula is C12H16N6S. The number of nitrogens with one attached hydrogen (secondary N) is 1. The summed E-state index contributed by atoms with van der Waals surface area (Å²) in [5, 5.41) is 3.13. The fraction of sp³-hybridized carbons (Fsp3) is 0.333. The van der Waals surface area contributed by atoms with E-state index < -0.39 is 0 Å². The zero-order valence-corrected chi connectivity index (χ0v) is 11.3. The molecule has 19 heavy (non-hydrogen) atoms. The van der Waals surface area contributed by atoms with Crippen molar-refractivity contribution in [2.75, 3.05) is 41.4 Å². The maximum atomic E-state index is 5.39. The minimum atomic E-state index is 0.694. The molecule has 1 aliphatic heterocycles. The van der Waals surface area contributed by atoms with E-state index in [0.29, 0.717) is 5.82 Å². The lowest BCUT2D eigenvalue weighted by Gasteiger charge is -2.36. The van der Waals surface area contributed by atoms with Gasteiger partial charge in [-0.2, -0.15) is 0 Å². The van der Waals surface area contributed by atoms with E-state index in [9.17, 15) is 0 Å². The summed E-state index contributed by atoms with van der Waals surface area (Å²) in [6.07, 6.45) is 3.63. The molecule has 3 rings (SSSR count). The molecule has 0 aromatic carbocycles. The number of anilines is 3. The van der Waals surface area contributed by atoms with E-state index in [1.54, 1.807) is 17.5 Å². The van der Waals surface area contributed by atoms with Crippen molar-refractivity contribution in [2.24, 2.45) is 5.84 Å². The molecule has 0 saturated carbocycles. The molecule has 0 unspecified atom stereocenters. The summed E-state index contributed by atoms with van der Waals surface area (Å²) in [7, 11) is 0. The Labute approximate surface area is 115 Å². The number of piperazine rings is 1. The van der Waals surface area contributed by atoms with E-state index in [2.05, 4.69) is 25.2 Å². The Balaban J connectivity index is 1.66. The second kappa shape index (κ2) is 5.41. The highest BCUT2D eigenvalue weighted by molar-refractivity contribution is 7.13. The molecule has 0 radical (unpaired) electrons. The van der Waals surface area contributed by atoms with Gasteiger partial charge in [0.1, 0.15) is 5.82 Å². The molecule has 6 nitrogen and oxygen atoms in total. The molecule has 100 valence electrons. The first kappa shape index (κ1) is 12.2. The molecule has 0 atom stereocenters. The molecule has 1 fully saturated rings. The van der Waals surface area contributed by atoms with Crippen molar-refractivity contribution in [3.63, 3.8) is 0 Å². The van der Waals surface area contributed by atoms with Gasteiger partial charge in [-0.1, -0.05) is 0 Å². The third-order valence-corrected chi connectivity index (χ3v) is 4.06. The van der Waals surface area contributed by atoms with Crippen LogP contribution in [0.4, 0.5) is 16.6 Å². The number of rotatable bonds is 3. The first-order valence-corrected chi connectivity index (χ1v) is 7.07. The van der Waals surface area contributed by atoms with Crippen molar-refractivity contribution < 1.29 is 0 Å². The third-order valence-electron chi connectivity index (χ3n) is 3.23. The Morgan fingerprint density at radius 1 is 1.11 bits per heavy atom. The Bertz CT molecular complexity index is 521. The number of nitrogens with zero attached hydrogens (tertiary/aromatic N) is 4. The number of hydrazine groups is 1. The maximum Gasteiger partial charge on any atom is 0.185 e. The normalized spacial score (nSPS) is 15.6. The van der Waals surface area contributed by atoms with Gasteiger partial charge in [-0.3, -0.25) is 0 Å². The number of nitrogens with two attached hydrogens (primary N) is 1. The molecule has 0 aliphatic carbocycles. The second-order valence-electron chi connectivity index (χ2n) is 4.33. The number of pyridine rings is 1. The van der Waals surface area contributed by atoms with Gasteiger partial charge in [0.25, 0.3) is 0 Å². The van der Waals surface area contributed by atoms with E-state index in [1.165, 1.54) is 0 Å². The molecule has 0 bridgehead atoms. The van der Waals surface area contributed by atoms with Gasteiger partial charge in [0, 0.05) is 55.7 Å². The highest BCUT2D eigenvalue weighted by Crippen LogP contribution is 2.22. The van der Waals surface area contributed by atoms with Gasteiger partial charge in [0.05, 0.1) is 0 Å². The molecule has 3 heterocycles. The minimum absolute atomic E-state index is 0.694. The minimum Gasteiger partial charge on any atom is -0.368 e. The van der Waals surface area contributed by atoms with Crippen LogP contribution in [0.25, 0.3) is 0 Å². The molecule has 2 aromatic rings. The van der Waals surface area contributed by atoms with E-state index >= 15 is 0 Å². The summed E-state index contributed by atoms with van der Waals surface area (Å²) >= 11 is 1.69. The Morgan fingerprint density at radius 3 is 2.58 bits per heavy atom. The zero-order valence-electron chi connectivity index (χ0n) is 10.5. The summed E-state index contributed by atoms with van der Waals surface area (Å²) < 4.78 is 0. The van der Waals surface area contributed by atoms with Crippen LogP contribution < -0.4 is 21.1 Å². The fourth-order valence-corrected chi connectivity index (χ4v) is 2.92. The standard InChI is InChI=1S/C12H16N6S/c13-16-11-9-10(1-2-14-11)17-4-6-18(7-5-17)12-15-3-8-19-12/h1-3,8-9H,4-7,13H2,(H,14,16). The SMILES string of the molecule is NNc1cc(N2CCN(c3nccs3)CC2)ccn1. The Morgan fingerprint density at radius 2 is 1.89 bits per heavy atom. The lowest BCUT2D eigenvalue weighted by atomic mass is 10.2. The average Bonchev–Trinajstić information content (AvgIpc) is 3.02. The van der Waals surface area contributed by atoms with E-state index in [-0.39, 0.29) is 0 Å². The predicted molar refractivity (Wildman–Crippen MR) is 78.6 cm³/mol. The maximum absolute atomic E-state index is 5.39. The smallest absolute Gasteiger partial charge is 0.185 e. The molecule has 0 spiro atoms.